The van der Waals surface area contributed by atoms with Crippen LogP contribution < -0.4 is 0 Å². The van der Waals surface area contributed by atoms with E-state index >= 15 is 0 Å². The minimum Gasteiger partial charge on any atom is -0.123 e. The summed E-state index contributed by atoms with van der Waals surface area (Å²) in [7, 11) is 0. The number of benzene rings is 1. The average molecular weight is 251 g/mol. The van der Waals surface area contributed by atoms with Gasteiger partial charge in [0, 0.05) is 5.38 Å². The smallest absolute Gasteiger partial charge is 0.0379 e. The molecule has 0 nitrogen and oxygen atoms in total. The molecule has 1 aromatic rings. The average Bonchev–Trinajstić information content (AvgIpc) is 2.33. The van der Waals surface area contributed by atoms with Gasteiger partial charge in [-0.2, -0.15) is 0 Å². The lowest BCUT2D eigenvalue weighted by Gasteiger charge is -2.23. The number of hydrogen-bond acceptors (Lipinski definition) is 0. The molecule has 17 heavy (non-hydrogen) atoms. The Morgan fingerprint density at radius 3 is 2.41 bits per heavy atom. The van der Waals surface area contributed by atoms with Crippen molar-refractivity contribution in [1.82, 2.24) is 0 Å². The van der Waals surface area contributed by atoms with Gasteiger partial charge in [0.15, 0.2) is 0 Å². The molecule has 2 rings (SSSR count). The van der Waals surface area contributed by atoms with Gasteiger partial charge in [-0.25, -0.2) is 0 Å². The van der Waals surface area contributed by atoms with E-state index in [1.807, 2.05) is 0 Å². The highest BCUT2D eigenvalue weighted by molar-refractivity contribution is 6.20. The SMILES string of the molecule is Cc1ccc(CC(Cl)CC2CCCCC2)cc1. The minimum absolute atomic E-state index is 0.320. The van der Waals surface area contributed by atoms with Crippen molar-refractivity contribution in [3.05, 3.63) is 35.4 Å². The first-order valence-corrected chi connectivity index (χ1v) is 7.37. The van der Waals surface area contributed by atoms with E-state index in [0.29, 0.717) is 5.38 Å². The van der Waals surface area contributed by atoms with Crippen LogP contribution in [0.1, 0.15) is 49.7 Å². The summed E-state index contributed by atoms with van der Waals surface area (Å²) in [4.78, 5) is 0. The topological polar surface area (TPSA) is 0 Å². The van der Waals surface area contributed by atoms with Gasteiger partial charge in [0.2, 0.25) is 0 Å². The number of aryl methyl sites for hydroxylation is 1. The molecule has 1 aliphatic rings. The Bertz CT molecular complexity index is 322. The molecule has 94 valence electrons. The molecular weight excluding hydrogens is 228 g/mol. The summed E-state index contributed by atoms with van der Waals surface area (Å²) in [6.07, 6.45) is 9.29. The van der Waals surface area contributed by atoms with Crippen molar-refractivity contribution >= 4 is 11.6 Å². The fraction of sp³-hybridized carbons (Fsp3) is 0.625. The maximum absolute atomic E-state index is 6.49. The summed E-state index contributed by atoms with van der Waals surface area (Å²) in [5.41, 5.74) is 2.71. The Hall–Kier alpha value is -0.490. The normalized spacial score (nSPS) is 19.2. The Morgan fingerprint density at radius 2 is 1.76 bits per heavy atom. The van der Waals surface area contributed by atoms with Crippen LogP contribution >= 0.6 is 11.6 Å². The van der Waals surface area contributed by atoms with Crippen LogP contribution in [0.2, 0.25) is 0 Å². The molecule has 1 unspecified atom stereocenters. The molecule has 0 bridgehead atoms. The van der Waals surface area contributed by atoms with Gasteiger partial charge in [-0.3, -0.25) is 0 Å². The van der Waals surface area contributed by atoms with Crippen LogP contribution in [0.25, 0.3) is 0 Å². The van der Waals surface area contributed by atoms with Gasteiger partial charge < -0.3 is 0 Å². The molecule has 0 amide bonds. The molecule has 0 spiro atoms. The Labute approximate surface area is 110 Å². The molecule has 0 aromatic heterocycles. The first-order chi connectivity index (χ1) is 8.24. The van der Waals surface area contributed by atoms with E-state index in [-0.39, 0.29) is 0 Å². The molecule has 0 heterocycles. The van der Waals surface area contributed by atoms with Crippen LogP contribution in [0.3, 0.4) is 0 Å². The maximum atomic E-state index is 6.49. The highest BCUT2D eigenvalue weighted by Crippen LogP contribution is 2.29. The van der Waals surface area contributed by atoms with Crippen LogP contribution in [0, 0.1) is 12.8 Å². The zero-order chi connectivity index (χ0) is 12.1. The first-order valence-electron chi connectivity index (χ1n) is 6.93. The third-order valence-corrected chi connectivity index (χ3v) is 4.22. The van der Waals surface area contributed by atoms with Gasteiger partial charge in [0.05, 0.1) is 0 Å². The summed E-state index contributed by atoms with van der Waals surface area (Å²) in [6.45, 7) is 2.13. The van der Waals surface area contributed by atoms with Crippen molar-refractivity contribution in [1.29, 1.82) is 0 Å². The molecule has 0 saturated heterocycles. The molecule has 1 saturated carbocycles. The zero-order valence-corrected chi connectivity index (χ0v) is 11.5. The standard InChI is InChI=1S/C16H23Cl/c1-13-7-9-15(10-8-13)12-16(17)11-14-5-3-2-4-6-14/h7-10,14,16H,2-6,11-12H2,1H3. The van der Waals surface area contributed by atoms with Crippen molar-refractivity contribution in [2.45, 2.75) is 57.2 Å². The largest absolute Gasteiger partial charge is 0.123 e. The number of hydrogen-bond donors (Lipinski definition) is 0. The summed E-state index contributed by atoms with van der Waals surface area (Å²) >= 11 is 6.49. The second-order valence-electron chi connectivity index (χ2n) is 5.53. The van der Waals surface area contributed by atoms with E-state index in [4.69, 9.17) is 11.6 Å². The maximum Gasteiger partial charge on any atom is 0.0379 e. The van der Waals surface area contributed by atoms with Crippen LogP contribution in [0.5, 0.6) is 0 Å². The summed E-state index contributed by atoms with van der Waals surface area (Å²) in [6, 6.07) is 8.79. The van der Waals surface area contributed by atoms with Gasteiger partial charge in [-0.1, -0.05) is 61.9 Å². The van der Waals surface area contributed by atoms with Crippen molar-refractivity contribution in [3.8, 4) is 0 Å². The monoisotopic (exact) mass is 250 g/mol. The highest BCUT2D eigenvalue weighted by atomic mass is 35.5. The summed E-state index contributed by atoms with van der Waals surface area (Å²) in [5, 5.41) is 0.320. The molecule has 0 N–H and O–H groups in total. The molecule has 1 fully saturated rings. The Morgan fingerprint density at radius 1 is 1.12 bits per heavy atom. The fourth-order valence-electron chi connectivity index (χ4n) is 2.85. The fourth-order valence-corrected chi connectivity index (χ4v) is 3.28. The Kier molecular flexibility index (Phi) is 4.91. The van der Waals surface area contributed by atoms with Gasteiger partial charge in [0.25, 0.3) is 0 Å². The molecule has 1 aromatic carbocycles. The third kappa shape index (κ3) is 4.35. The predicted molar refractivity (Wildman–Crippen MR) is 75.7 cm³/mol. The van der Waals surface area contributed by atoms with Gasteiger partial charge in [0.1, 0.15) is 0 Å². The highest BCUT2D eigenvalue weighted by Gasteiger charge is 2.17. The summed E-state index contributed by atoms with van der Waals surface area (Å²) < 4.78 is 0. The van der Waals surface area contributed by atoms with E-state index in [2.05, 4.69) is 31.2 Å². The van der Waals surface area contributed by atoms with Crippen molar-refractivity contribution in [2.75, 3.05) is 0 Å². The predicted octanol–water partition coefficient (Wildman–Crippen LogP) is 5.12. The van der Waals surface area contributed by atoms with Gasteiger partial charge >= 0.3 is 0 Å². The van der Waals surface area contributed by atoms with E-state index < -0.39 is 0 Å². The second-order valence-corrected chi connectivity index (χ2v) is 6.14. The van der Waals surface area contributed by atoms with Crippen molar-refractivity contribution in [2.24, 2.45) is 5.92 Å². The molecule has 1 heteroatoms. The first kappa shape index (κ1) is 13.0. The lowest BCUT2D eigenvalue weighted by atomic mass is 9.85. The number of halogens is 1. The summed E-state index contributed by atoms with van der Waals surface area (Å²) in [5.74, 6) is 0.886. The van der Waals surface area contributed by atoms with Crippen molar-refractivity contribution < 1.29 is 0 Å². The van der Waals surface area contributed by atoms with Crippen molar-refractivity contribution in [3.63, 3.8) is 0 Å². The van der Waals surface area contributed by atoms with Crippen LogP contribution in [0.4, 0.5) is 0 Å². The van der Waals surface area contributed by atoms with E-state index in [1.165, 1.54) is 49.7 Å². The van der Waals surface area contributed by atoms with Gasteiger partial charge in [-0.15, -0.1) is 11.6 Å². The third-order valence-electron chi connectivity index (χ3n) is 3.89. The lowest BCUT2D eigenvalue weighted by molar-refractivity contribution is 0.334. The van der Waals surface area contributed by atoms with E-state index in [1.54, 1.807) is 0 Å². The zero-order valence-electron chi connectivity index (χ0n) is 10.8. The number of alkyl halides is 1. The van der Waals surface area contributed by atoms with E-state index in [0.717, 1.165) is 12.3 Å². The molecule has 1 aliphatic carbocycles. The molecule has 0 aliphatic heterocycles. The van der Waals surface area contributed by atoms with Crippen LogP contribution in [-0.2, 0) is 6.42 Å². The van der Waals surface area contributed by atoms with E-state index in [9.17, 15) is 0 Å². The quantitative estimate of drug-likeness (QED) is 0.651. The lowest BCUT2D eigenvalue weighted by Crippen LogP contribution is -2.14. The molecule has 0 radical (unpaired) electrons. The molecule has 1 atom stereocenters. The second kappa shape index (κ2) is 6.44. The van der Waals surface area contributed by atoms with Gasteiger partial charge in [-0.05, 0) is 31.2 Å². The molecular formula is C16H23Cl. The Balaban J connectivity index is 1.79. The minimum atomic E-state index is 0.320. The van der Waals surface area contributed by atoms with Crippen LogP contribution in [0.15, 0.2) is 24.3 Å². The number of rotatable bonds is 4. The van der Waals surface area contributed by atoms with Crippen LogP contribution in [-0.4, -0.2) is 5.38 Å².